The van der Waals surface area contributed by atoms with Gasteiger partial charge in [0.05, 0.1) is 24.9 Å². The van der Waals surface area contributed by atoms with Crippen LogP contribution in [-0.4, -0.2) is 111 Å². The first-order valence-electron chi connectivity index (χ1n) is 24.2. The third kappa shape index (κ3) is 12.1. The van der Waals surface area contributed by atoms with Crippen molar-refractivity contribution >= 4 is 46.9 Å². The zero-order valence-electron chi connectivity index (χ0n) is 39.4. The van der Waals surface area contributed by atoms with Gasteiger partial charge in [0, 0.05) is 72.8 Å². The van der Waals surface area contributed by atoms with E-state index in [1.807, 2.05) is 48.2 Å². The number of anilines is 1. The smallest absolute Gasteiger partial charge is 0.328 e. The average Bonchev–Trinajstić information content (AvgIpc) is 3.35. The van der Waals surface area contributed by atoms with Crippen molar-refractivity contribution in [3.05, 3.63) is 112 Å². The van der Waals surface area contributed by atoms with Gasteiger partial charge in [0.2, 0.25) is 17.7 Å². The molecule has 1 aliphatic carbocycles. The first kappa shape index (κ1) is 49.4. The number of benzene rings is 4. The molecule has 3 aliphatic heterocycles. The number of likely N-dealkylation sites (tertiary alicyclic amines) is 2. The van der Waals surface area contributed by atoms with E-state index < -0.39 is 17.8 Å². The molecule has 366 valence electrons. The molecule has 1 saturated carbocycles. The number of hydrogen-bond acceptors (Lipinski definition) is 9. The van der Waals surface area contributed by atoms with Gasteiger partial charge in [-0.3, -0.25) is 34.3 Å². The summed E-state index contributed by atoms with van der Waals surface area (Å²) in [6, 6.07) is 23.7. The second kappa shape index (κ2) is 22.6. The number of imide groups is 1. The van der Waals surface area contributed by atoms with Gasteiger partial charge in [0.15, 0.2) is 18.2 Å². The largest absolute Gasteiger partial charge is 0.494 e. The number of nitrogens with one attached hydrogen (secondary N) is 3. The summed E-state index contributed by atoms with van der Waals surface area (Å²) < 4.78 is 26.9. The number of aryl methyl sites for hydroxylation is 1. The molecule has 0 radical (unpaired) electrons. The standard InChI is InChI=1S/C53H63ClFN7O7/c1-33-8-14-40(29-45(33)62-27-22-47(63)59-53(62)67)69-32-49(65)61-25-20-35(21-26-61)34-18-23-60(24-19-34)31-48(64)58-39-12-10-38(11-13-39)57-30-43(36-6-4-3-5-7-36)37-9-16-44(54)42(28-37)50-41(52(56)66)15-17-46(68-2)51(50)55/h3-9,14-17,28-29,34-35,38-39,43,57H,10-13,18-27,30-32H2,1-2H3,(H2,56,66)(H,58,64)(H,59,63,67). The van der Waals surface area contributed by atoms with Crippen LogP contribution in [0.3, 0.4) is 0 Å². The first-order chi connectivity index (χ1) is 33.3. The van der Waals surface area contributed by atoms with Crippen LogP contribution in [0.1, 0.15) is 90.8 Å². The Balaban J connectivity index is 0.757. The molecule has 0 bridgehead atoms. The molecule has 0 aromatic heterocycles. The molecular weight excluding hydrogens is 901 g/mol. The van der Waals surface area contributed by atoms with Crippen molar-refractivity contribution in [2.24, 2.45) is 17.6 Å². The maximum Gasteiger partial charge on any atom is 0.328 e. The number of carbonyl (C=O) groups is 5. The summed E-state index contributed by atoms with van der Waals surface area (Å²) in [5.41, 5.74) is 9.58. The van der Waals surface area contributed by atoms with Crippen molar-refractivity contribution in [3.63, 3.8) is 0 Å². The van der Waals surface area contributed by atoms with E-state index in [-0.39, 0.29) is 77.2 Å². The zero-order chi connectivity index (χ0) is 48.6. The predicted octanol–water partition coefficient (Wildman–Crippen LogP) is 7.19. The lowest BCUT2D eigenvalue weighted by Crippen LogP contribution is -2.49. The zero-order valence-corrected chi connectivity index (χ0v) is 40.2. The summed E-state index contributed by atoms with van der Waals surface area (Å²) in [6.07, 6.45) is 7.78. The minimum absolute atomic E-state index is 0.00897. The number of carbonyl (C=O) groups excluding carboxylic acids is 5. The number of hydrogen-bond donors (Lipinski definition) is 4. The number of ether oxygens (including phenoxy) is 2. The van der Waals surface area contributed by atoms with Crippen LogP contribution in [0.25, 0.3) is 11.1 Å². The molecule has 16 heteroatoms. The Morgan fingerprint density at radius 1 is 0.841 bits per heavy atom. The summed E-state index contributed by atoms with van der Waals surface area (Å²) in [5.74, 6) is -0.255. The molecule has 69 heavy (non-hydrogen) atoms. The molecule has 4 fully saturated rings. The number of rotatable bonds is 16. The molecule has 4 aliphatic rings. The van der Waals surface area contributed by atoms with Crippen molar-refractivity contribution in [1.82, 2.24) is 25.8 Å². The molecule has 8 rings (SSSR count). The molecule has 1 atom stereocenters. The molecular formula is C53H63ClFN7O7. The fraction of sp³-hybridized carbons (Fsp3) is 0.453. The van der Waals surface area contributed by atoms with Crippen LogP contribution < -0.4 is 36.1 Å². The highest BCUT2D eigenvalue weighted by molar-refractivity contribution is 6.33. The van der Waals surface area contributed by atoms with Crippen molar-refractivity contribution < 1.29 is 37.8 Å². The van der Waals surface area contributed by atoms with Gasteiger partial charge < -0.3 is 30.7 Å². The molecule has 1 unspecified atom stereocenters. The second-order valence-electron chi connectivity index (χ2n) is 18.9. The Bertz CT molecular complexity index is 2510. The lowest BCUT2D eigenvalue weighted by atomic mass is 9.79. The fourth-order valence-electron chi connectivity index (χ4n) is 10.7. The highest BCUT2D eigenvalue weighted by Gasteiger charge is 2.33. The molecule has 5 N–H and O–H groups in total. The molecule has 4 aromatic carbocycles. The monoisotopic (exact) mass is 963 g/mol. The van der Waals surface area contributed by atoms with Crippen LogP contribution in [0.4, 0.5) is 14.9 Å². The number of halogens is 2. The van der Waals surface area contributed by atoms with E-state index in [9.17, 15) is 24.0 Å². The number of nitrogens with two attached hydrogens (primary N) is 1. The van der Waals surface area contributed by atoms with E-state index in [1.165, 1.54) is 24.1 Å². The second-order valence-corrected chi connectivity index (χ2v) is 19.3. The molecule has 14 nitrogen and oxygen atoms in total. The SMILES string of the molecule is COc1ccc(C(N)=O)c(-c2cc(C(CNC3CCC(NC(=O)CN4CCC(C5CCN(C(=O)COc6ccc(C)c(N7CCC(=O)NC7=O)c6)CC5)CC4)CC3)c3ccccc3)ccc2Cl)c1F. The van der Waals surface area contributed by atoms with Gasteiger partial charge in [-0.1, -0.05) is 54.1 Å². The minimum Gasteiger partial charge on any atom is -0.494 e. The molecule has 3 heterocycles. The van der Waals surface area contributed by atoms with Crippen molar-refractivity contribution in [2.75, 3.05) is 64.4 Å². The lowest BCUT2D eigenvalue weighted by molar-refractivity contribution is -0.135. The Hall–Kier alpha value is -6.03. The van der Waals surface area contributed by atoms with Gasteiger partial charge in [0.25, 0.3) is 5.91 Å². The Kier molecular flexibility index (Phi) is 16.2. The molecule has 4 aromatic rings. The van der Waals surface area contributed by atoms with Crippen molar-refractivity contribution in [2.45, 2.75) is 82.7 Å². The first-order valence-corrected chi connectivity index (χ1v) is 24.6. The van der Waals surface area contributed by atoms with E-state index >= 15 is 4.39 Å². The number of piperidine rings is 2. The number of urea groups is 1. The molecule has 6 amide bonds. The summed E-state index contributed by atoms with van der Waals surface area (Å²) in [5, 5.41) is 9.75. The van der Waals surface area contributed by atoms with Gasteiger partial charge >= 0.3 is 6.03 Å². The van der Waals surface area contributed by atoms with Crippen LogP contribution in [0.15, 0.2) is 78.9 Å². The van der Waals surface area contributed by atoms with E-state index in [2.05, 4.69) is 33.0 Å². The Labute approximate surface area is 408 Å². The quantitative estimate of drug-likeness (QED) is 0.0907. The number of methoxy groups -OCH3 is 1. The maximum absolute atomic E-state index is 15.8. The summed E-state index contributed by atoms with van der Waals surface area (Å²) in [7, 11) is 1.37. The van der Waals surface area contributed by atoms with Crippen LogP contribution in [-0.2, 0) is 14.4 Å². The highest BCUT2D eigenvalue weighted by Crippen LogP contribution is 2.40. The third-order valence-electron chi connectivity index (χ3n) is 14.6. The Morgan fingerprint density at radius 2 is 1.54 bits per heavy atom. The summed E-state index contributed by atoms with van der Waals surface area (Å²) in [6.45, 7) is 6.26. The lowest BCUT2D eigenvalue weighted by Gasteiger charge is -2.40. The van der Waals surface area contributed by atoms with Crippen molar-refractivity contribution in [1.29, 1.82) is 0 Å². The van der Waals surface area contributed by atoms with Gasteiger partial charge in [-0.05, 0) is 130 Å². The van der Waals surface area contributed by atoms with Crippen LogP contribution in [0, 0.1) is 24.6 Å². The third-order valence-corrected chi connectivity index (χ3v) is 14.9. The normalized spacial score (nSPS) is 20.0. The Morgan fingerprint density at radius 3 is 2.22 bits per heavy atom. The summed E-state index contributed by atoms with van der Waals surface area (Å²) in [4.78, 5) is 68.6. The van der Waals surface area contributed by atoms with E-state index in [0.717, 1.165) is 81.1 Å². The van der Waals surface area contributed by atoms with Gasteiger partial charge in [-0.25, -0.2) is 9.18 Å². The van der Waals surface area contributed by atoms with E-state index in [4.69, 9.17) is 26.8 Å². The summed E-state index contributed by atoms with van der Waals surface area (Å²) >= 11 is 6.69. The number of amides is 6. The fourth-order valence-corrected chi connectivity index (χ4v) is 10.9. The molecule has 3 saturated heterocycles. The number of primary amides is 1. The topological polar surface area (TPSA) is 176 Å². The van der Waals surface area contributed by atoms with Crippen LogP contribution in [0.5, 0.6) is 11.5 Å². The van der Waals surface area contributed by atoms with Gasteiger partial charge in [-0.15, -0.1) is 0 Å². The van der Waals surface area contributed by atoms with Crippen molar-refractivity contribution in [3.8, 4) is 22.6 Å². The maximum atomic E-state index is 15.8. The number of nitrogens with zero attached hydrogens (tertiary/aromatic N) is 3. The average molecular weight is 965 g/mol. The predicted molar refractivity (Wildman–Crippen MR) is 263 cm³/mol. The van der Waals surface area contributed by atoms with E-state index in [0.29, 0.717) is 55.0 Å². The van der Waals surface area contributed by atoms with Crippen LogP contribution >= 0.6 is 11.6 Å². The van der Waals surface area contributed by atoms with E-state index in [1.54, 1.807) is 18.2 Å². The minimum atomic E-state index is -0.767. The van der Waals surface area contributed by atoms with Crippen LogP contribution in [0.2, 0.25) is 5.02 Å². The van der Waals surface area contributed by atoms with Gasteiger partial charge in [0.1, 0.15) is 5.75 Å². The van der Waals surface area contributed by atoms with Gasteiger partial charge in [-0.2, -0.15) is 0 Å². The highest BCUT2D eigenvalue weighted by atomic mass is 35.5. The molecule has 0 spiro atoms.